The van der Waals surface area contributed by atoms with E-state index in [1.807, 2.05) is 17.0 Å². The maximum atomic E-state index is 13.1. The molecule has 2 aromatic rings. The van der Waals surface area contributed by atoms with Crippen molar-refractivity contribution in [3.05, 3.63) is 53.3 Å². The lowest BCUT2D eigenvalue weighted by Crippen LogP contribution is -3.13. The molecule has 2 aromatic carbocycles. The molecule has 1 aliphatic rings. The summed E-state index contributed by atoms with van der Waals surface area (Å²) in [5.74, 6) is 1.48. The second-order valence-corrected chi connectivity index (χ2v) is 6.76. The van der Waals surface area contributed by atoms with Gasteiger partial charge in [-0.2, -0.15) is 0 Å². The Balaban J connectivity index is 1.62. The average molecular weight is 389 g/mol. The highest BCUT2D eigenvalue weighted by Gasteiger charge is 2.25. The van der Waals surface area contributed by atoms with E-state index in [2.05, 4.69) is 0 Å². The van der Waals surface area contributed by atoms with Gasteiger partial charge in [-0.3, -0.25) is 4.79 Å². The van der Waals surface area contributed by atoms with Gasteiger partial charge in [0.2, 0.25) is 5.75 Å². The number of halogens is 1. The van der Waals surface area contributed by atoms with Crippen molar-refractivity contribution in [2.24, 2.45) is 0 Å². The van der Waals surface area contributed by atoms with Gasteiger partial charge in [0.15, 0.2) is 11.5 Å². The normalized spacial score (nSPS) is 14.6. The number of methoxy groups -OCH3 is 3. The van der Waals surface area contributed by atoms with Gasteiger partial charge in [-0.25, -0.2) is 4.39 Å². The van der Waals surface area contributed by atoms with Gasteiger partial charge >= 0.3 is 0 Å². The van der Waals surface area contributed by atoms with Gasteiger partial charge in [-0.05, 0) is 36.4 Å². The van der Waals surface area contributed by atoms with Crippen LogP contribution in [0.4, 0.5) is 4.39 Å². The molecule has 28 heavy (non-hydrogen) atoms. The van der Waals surface area contributed by atoms with Gasteiger partial charge < -0.3 is 24.0 Å². The number of nitrogens with one attached hydrogen (secondary N) is 1. The molecule has 1 saturated heterocycles. The van der Waals surface area contributed by atoms with E-state index in [1.165, 1.54) is 29.2 Å². The maximum absolute atomic E-state index is 13.1. The van der Waals surface area contributed by atoms with Crippen LogP contribution in [0.15, 0.2) is 36.4 Å². The lowest BCUT2D eigenvalue weighted by atomic mass is 10.1. The third-order valence-corrected chi connectivity index (χ3v) is 5.03. The van der Waals surface area contributed by atoms with E-state index in [0.717, 1.165) is 25.2 Å². The first-order valence-corrected chi connectivity index (χ1v) is 9.23. The minimum Gasteiger partial charge on any atom is -0.493 e. The summed E-state index contributed by atoms with van der Waals surface area (Å²) in [7, 11) is 4.80. The third-order valence-electron chi connectivity index (χ3n) is 5.03. The second-order valence-electron chi connectivity index (χ2n) is 6.76. The summed E-state index contributed by atoms with van der Waals surface area (Å²) in [6, 6.07) is 9.63. The van der Waals surface area contributed by atoms with Crippen LogP contribution < -0.4 is 19.1 Å². The quantitative estimate of drug-likeness (QED) is 0.811. The molecule has 1 amide bonds. The van der Waals surface area contributed by atoms with E-state index in [4.69, 9.17) is 14.2 Å². The molecular formula is C21H26FN2O4+. The lowest BCUT2D eigenvalue weighted by Gasteiger charge is -2.32. The molecule has 6 nitrogen and oxygen atoms in total. The number of hydrogen-bond donors (Lipinski definition) is 1. The smallest absolute Gasteiger partial charge is 0.254 e. The van der Waals surface area contributed by atoms with Crippen molar-refractivity contribution in [2.75, 3.05) is 47.5 Å². The molecule has 0 spiro atoms. The largest absolute Gasteiger partial charge is 0.493 e. The Morgan fingerprint density at radius 2 is 1.57 bits per heavy atom. The van der Waals surface area contributed by atoms with Crippen molar-refractivity contribution < 1.29 is 28.3 Å². The summed E-state index contributed by atoms with van der Waals surface area (Å²) in [5, 5.41) is 0. The topological polar surface area (TPSA) is 52.4 Å². The Morgan fingerprint density at radius 3 is 2.07 bits per heavy atom. The van der Waals surface area contributed by atoms with E-state index in [-0.39, 0.29) is 11.7 Å². The molecule has 0 aliphatic carbocycles. The zero-order valence-electron chi connectivity index (χ0n) is 16.5. The first kappa shape index (κ1) is 19.9. The van der Waals surface area contributed by atoms with Crippen LogP contribution in [0.25, 0.3) is 0 Å². The predicted octanol–water partition coefficient (Wildman–Crippen LogP) is 1.39. The summed E-state index contributed by atoms with van der Waals surface area (Å²) >= 11 is 0. The molecule has 0 aromatic heterocycles. The van der Waals surface area contributed by atoms with Gasteiger partial charge in [-0.15, -0.1) is 0 Å². The molecule has 1 fully saturated rings. The van der Waals surface area contributed by atoms with Crippen LogP contribution in [0.3, 0.4) is 0 Å². The number of hydrogen-bond acceptors (Lipinski definition) is 4. The van der Waals surface area contributed by atoms with E-state index in [0.29, 0.717) is 35.9 Å². The van der Waals surface area contributed by atoms with Gasteiger partial charge in [0.1, 0.15) is 12.4 Å². The minimum absolute atomic E-state index is 0.0492. The number of nitrogens with zero attached hydrogens (tertiary/aromatic N) is 1. The molecule has 0 radical (unpaired) electrons. The van der Waals surface area contributed by atoms with Gasteiger partial charge in [0, 0.05) is 11.1 Å². The van der Waals surface area contributed by atoms with Crippen LogP contribution in [0.2, 0.25) is 0 Å². The number of carbonyl (C=O) groups is 1. The lowest BCUT2D eigenvalue weighted by molar-refractivity contribution is -0.917. The maximum Gasteiger partial charge on any atom is 0.254 e. The van der Waals surface area contributed by atoms with E-state index in [9.17, 15) is 9.18 Å². The van der Waals surface area contributed by atoms with E-state index >= 15 is 0 Å². The summed E-state index contributed by atoms with van der Waals surface area (Å²) in [6.45, 7) is 3.80. The fraction of sp³-hybridized carbons (Fsp3) is 0.381. The second kappa shape index (κ2) is 8.93. The molecule has 3 rings (SSSR count). The molecular weight excluding hydrogens is 363 g/mol. The molecule has 1 aliphatic heterocycles. The number of piperazine rings is 1. The molecule has 0 unspecified atom stereocenters. The minimum atomic E-state index is -0.337. The fourth-order valence-electron chi connectivity index (χ4n) is 3.50. The van der Waals surface area contributed by atoms with Crippen LogP contribution in [-0.4, -0.2) is 58.3 Å². The highest BCUT2D eigenvalue weighted by Crippen LogP contribution is 2.37. The number of amides is 1. The van der Waals surface area contributed by atoms with Crippen molar-refractivity contribution in [1.82, 2.24) is 4.90 Å². The molecule has 1 heterocycles. The van der Waals surface area contributed by atoms with Crippen LogP contribution in [0.5, 0.6) is 17.2 Å². The Kier molecular flexibility index (Phi) is 6.36. The first-order chi connectivity index (χ1) is 13.5. The Hall–Kier alpha value is -2.80. The molecule has 0 saturated carbocycles. The Morgan fingerprint density at radius 1 is 1.00 bits per heavy atom. The Labute approximate surface area is 164 Å². The van der Waals surface area contributed by atoms with Crippen LogP contribution in [-0.2, 0) is 6.54 Å². The van der Waals surface area contributed by atoms with Gasteiger partial charge in [0.05, 0.1) is 47.5 Å². The summed E-state index contributed by atoms with van der Waals surface area (Å²) in [4.78, 5) is 15.8. The molecule has 1 N–H and O–H groups in total. The molecule has 150 valence electrons. The highest BCUT2D eigenvalue weighted by atomic mass is 19.1. The zero-order chi connectivity index (χ0) is 20.1. The third kappa shape index (κ3) is 4.36. The van der Waals surface area contributed by atoms with Crippen LogP contribution in [0.1, 0.15) is 15.9 Å². The van der Waals surface area contributed by atoms with Gasteiger partial charge in [0.25, 0.3) is 5.91 Å². The highest BCUT2D eigenvalue weighted by molar-refractivity contribution is 5.94. The fourth-order valence-corrected chi connectivity index (χ4v) is 3.50. The number of benzene rings is 2. The summed E-state index contributed by atoms with van der Waals surface area (Å²) in [6.07, 6.45) is 0. The van der Waals surface area contributed by atoms with E-state index < -0.39 is 0 Å². The first-order valence-electron chi connectivity index (χ1n) is 9.23. The van der Waals surface area contributed by atoms with Crippen LogP contribution in [0, 0.1) is 5.82 Å². The molecule has 7 heteroatoms. The zero-order valence-corrected chi connectivity index (χ0v) is 16.5. The SMILES string of the molecule is COc1cc(C[NH+]2CCN(C(=O)c3ccc(F)cc3)CC2)cc(OC)c1OC. The number of ether oxygens (including phenoxy) is 3. The summed E-state index contributed by atoms with van der Waals surface area (Å²) < 4.78 is 29.3. The van der Waals surface area contributed by atoms with Crippen LogP contribution >= 0.6 is 0 Å². The number of quaternary nitrogens is 1. The number of carbonyl (C=O) groups excluding carboxylic acids is 1. The summed E-state index contributed by atoms with van der Waals surface area (Å²) in [5.41, 5.74) is 1.61. The van der Waals surface area contributed by atoms with Crippen molar-refractivity contribution in [3.63, 3.8) is 0 Å². The number of rotatable bonds is 6. The standard InChI is InChI=1S/C21H25FN2O4/c1-26-18-12-15(13-19(27-2)20(18)28-3)14-23-8-10-24(11-9-23)21(25)16-4-6-17(22)7-5-16/h4-7,12-13H,8-11,14H2,1-3H3/p+1. The van der Waals surface area contributed by atoms with Crippen molar-refractivity contribution in [2.45, 2.75) is 6.54 Å². The average Bonchev–Trinajstić information content (AvgIpc) is 2.73. The monoisotopic (exact) mass is 389 g/mol. The Bertz CT molecular complexity index is 793. The van der Waals surface area contributed by atoms with Crippen molar-refractivity contribution >= 4 is 5.91 Å². The molecule has 0 bridgehead atoms. The predicted molar refractivity (Wildman–Crippen MR) is 103 cm³/mol. The van der Waals surface area contributed by atoms with E-state index in [1.54, 1.807) is 21.3 Å². The van der Waals surface area contributed by atoms with Gasteiger partial charge in [-0.1, -0.05) is 0 Å². The van der Waals surface area contributed by atoms with Crippen molar-refractivity contribution in [3.8, 4) is 17.2 Å². The van der Waals surface area contributed by atoms with Crippen molar-refractivity contribution in [1.29, 1.82) is 0 Å². The molecule has 0 atom stereocenters.